The maximum absolute atomic E-state index is 12.3. The van der Waals surface area contributed by atoms with Crippen molar-refractivity contribution < 1.29 is 4.74 Å². The van der Waals surface area contributed by atoms with Gasteiger partial charge in [0.15, 0.2) is 0 Å². The molecule has 2 aliphatic heterocycles. The molecule has 5 rings (SSSR count). The van der Waals surface area contributed by atoms with E-state index in [1.807, 2.05) is 12.1 Å². The summed E-state index contributed by atoms with van der Waals surface area (Å²) in [4.78, 5) is 21.6. The molecule has 3 aromatic rings. The predicted octanol–water partition coefficient (Wildman–Crippen LogP) is 3.01. The number of halogens is 1. The number of aromatic nitrogens is 3. The average Bonchev–Trinajstić information content (AvgIpc) is 3.21. The van der Waals surface area contributed by atoms with Crippen LogP contribution in [0, 0.1) is 0 Å². The van der Waals surface area contributed by atoms with E-state index >= 15 is 0 Å². The van der Waals surface area contributed by atoms with E-state index in [0.29, 0.717) is 34.1 Å². The molecule has 0 bridgehead atoms. The number of nitrogens with one attached hydrogen (secondary N) is 2. The fourth-order valence-electron chi connectivity index (χ4n) is 4.51. The second kappa shape index (κ2) is 7.77. The Kier molecular flexibility index (Phi) is 4.96. The van der Waals surface area contributed by atoms with Crippen molar-refractivity contribution in [2.45, 2.75) is 18.9 Å². The summed E-state index contributed by atoms with van der Waals surface area (Å²) in [7, 11) is 1.64. The van der Waals surface area contributed by atoms with Crippen LogP contribution in [0.5, 0.6) is 5.75 Å². The summed E-state index contributed by atoms with van der Waals surface area (Å²) in [5.74, 6) is 1.05. The molecule has 2 aromatic heterocycles. The highest BCUT2D eigenvalue weighted by atomic mass is 35.5. The number of piperazine rings is 1. The molecule has 1 aromatic carbocycles. The summed E-state index contributed by atoms with van der Waals surface area (Å²) in [5.41, 5.74) is 1.52. The van der Waals surface area contributed by atoms with Gasteiger partial charge in [-0.05, 0) is 37.6 Å². The number of benzene rings is 1. The maximum atomic E-state index is 12.3. The van der Waals surface area contributed by atoms with E-state index in [1.165, 1.54) is 19.4 Å². The smallest absolute Gasteiger partial charge is 0.275 e. The minimum absolute atomic E-state index is 0.280. The number of methoxy groups -OCH3 is 1. The normalized spacial score (nSPS) is 19.1. The van der Waals surface area contributed by atoms with Crippen LogP contribution in [0.4, 0.5) is 17.2 Å². The Morgan fingerprint density at radius 1 is 1.27 bits per heavy atom. The average molecular weight is 427 g/mol. The van der Waals surface area contributed by atoms with Crippen molar-refractivity contribution in [1.29, 1.82) is 0 Å². The molecule has 9 heteroatoms. The first-order valence-corrected chi connectivity index (χ1v) is 10.5. The highest BCUT2D eigenvalue weighted by molar-refractivity contribution is 6.30. The lowest BCUT2D eigenvalue weighted by molar-refractivity contribution is 0.231. The zero-order valence-corrected chi connectivity index (χ0v) is 17.4. The molecule has 0 saturated carbocycles. The lowest BCUT2D eigenvalue weighted by Gasteiger charge is -2.39. The second-order valence-corrected chi connectivity index (χ2v) is 8.13. The van der Waals surface area contributed by atoms with E-state index in [2.05, 4.69) is 36.4 Å². The number of nitrogens with zero attached hydrogens (tertiary/aromatic N) is 4. The number of hydrogen-bond donors (Lipinski definition) is 2. The van der Waals surface area contributed by atoms with Crippen molar-refractivity contribution in [1.82, 2.24) is 20.1 Å². The van der Waals surface area contributed by atoms with Crippen LogP contribution in [0.3, 0.4) is 0 Å². The van der Waals surface area contributed by atoms with Crippen molar-refractivity contribution in [3.05, 3.63) is 46.0 Å². The molecular formula is C21H23ClN6O2. The molecular weight excluding hydrogens is 404 g/mol. The van der Waals surface area contributed by atoms with Crippen LogP contribution in [0.1, 0.15) is 12.8 Å². The molecule has 2 N–H and O–H groups in total. The Bertz CT molecular complexity index is 1150. The predicted molar refractivity (Wildman–Crippen MR) is 118 cm³/mol. The molecule has 156 valence electrons. The van der Waals surface area contributed by atoms with Crippen LogP contribution in [0.15, 0.2) is 35.3 Å². The molecule has 4 heterocycles. The van der Waals surface area contributed by atoms with Crippen molar-refractivity contribution >= 4 is 39.6 Å². The standard InChI is InChI=1S/C21H23ClN6O2/c1-30-17-10-14(28-8-7-27-6-2-3-15(27)12-28)4-5-16(17)24-20-19-13(9-18(22)25-20)11-23-26-21(19)29/h4-5,9-11,15H,2-3,6-8,12H2,1H3,(H,24,25)(H,26,29). The summed E-state index contributed by atoms with van der Waals surface area (Å²) in [5, 5.41) is 10.8. The molecule has 1 atom stereocenters. The number of ether oxygens (including phenoxy) is 1. The monoisotopic (exact) mass is 426 g/mol. The first kappa shape index (κ1) is 19.1. The summed E-state index contributed by atoms with van der Waals surface area (Å²) in [6.45, 7) is 4.37. The number of rotatable bonds is 4. The highest BCUT2D eigenvalue weighted by Gasteiger charge is 2.30. The third-order valence-corrected chi connectivity index (χ3v) is 6.20. The molecule has 1 unspecified atom stereocenters. The van der Waals surface area contributed by atoms with E-state index in [0.717, 1.165) is 25.3 Å². The SMILES string of the molecule is COc1cc(N2CCN3CCCC3C2)ccc1Nc1nc(Cl)cc2cn[nH]c(=O)c12. The Hall–Kier alpha value is -2.84. The van der Waals surface area contributed by atoms with E-state index in [4.69, 9.17) is 16.3 Å². The van der Waals surface area contributed by atoms with Gasteiger partial charge < -0.3 is 15.0 Å². The third kappa shape index (κ3) is 3.46. The molecule has 8 nitrogen and oxygen atoms in total. The van der Waals surface area contributed by atoms with Gasteiger partial charge in [0.05, 0.1) is 24.4 Å². The fraction of sp³-hybridized carbons (Fsp3) is 0.381. The summed E-state index contributed by atoms with van der Waals surface area (Å²) in [6, 6.07) is 8.33. The third-order valence-electron chi connectivity index (χ3n) is 6.01. The van der Waals surface area contributed by atoms with Gasteiger partial charge in [0.1, 0.15) is 16.7 Å². The Morgan fingerprint density at radius 2 is 2.17 bits per heavy atom. The van der Waals surface area contributed by atoms with Crippen LogP contribution in [-0.4, -0.2) is 59.4 Å². The van der Waals surface area contributed by atoms with Crippen molar-refractivity contribution in [2.75, 3.05) is 43.5 Å². The van der Waals surface area contributed by atoms with Crippen molar-refractivity contribution in [3.8, 4) is 5.75 Å². The van der Waals surface area contributed by atoms with Gasteiger partial charge in [0.2, 0.25) is 0 Å². The van der Waals surface area contributed by atoms with Gasteiger partial charge in [0.25, 0.3) is 5.56 Å². The Morgan fingerprint density at radius 3 is 3.03 bits per heavy atom. The van der Waals surface area contributed by atoms with Gasteiger partial charge in [0, 0.05) is 42.8 Å². The van der Waals surface area contributed by atoms with E-state index in [-0.39, 0.29) is 10.7 Å². The molecule has 0 radical (unpaired) electrons. The molecule has 30 heavy (non-hydrogen) atoms. The zero-order valence-electron chi connectivity index (χ0n) is 16.7. The first-order chi connectivity index (χ1) is 14.6. The quantitative estimate of drug-likeness (QED) is 0.620. The number of fused-ring (bicyclic) bond motifs is 2. The Labute approximate surface area is 178 Å². The number of hydrogen-bond acceptors (Lipinski definition) is 7. The minimum atomic E-state index is -0.329. The molecule has 0 aliphatic carbocycles. The van der Waals surface area contributed by atoms with Crippen LogP contribution >= 0.6 is 11.6 Å². The zero-order chi connectivity index (χ0) is 20.7. The van der Waals surface area contributed by atoms with Crippen LogP contribution in [-0.2, 0) is 0 Å². The van der Waals surface area contributed by atoms with Gasteiger partial charge in [-0.2, -0.15) is 5.10 Å². The van der Waals surface area contributed by atoms with Gasteiger partial charge in [-0.25, -0.2) is 10.1 Å². The molecule has 2 saturated heterocycles. The number of pyridine rings is 1. The first-order valence-electron chi connectivity index (χ1n) is 10.1. The molecule has 2 aliphatic rings. The number of aromatic amines is 1. The summed E-state index contributed by atoms with van der Waals surface area (Å²) < 4.78 is 5.65. The molecule has 2 fully saturated rings. The lowest BCUT2D eigenvalue weighted by Crippen LogP contribution is -2.50. The lowest BCUT2D eigenvalue weighted by atomic mass is 10.1. The van der Waals surface area contributed by atoms with Gasteiger partial charge in [-0.1, -0.05) is 11.6 Å². The summed E-state index contributed by atoms with van der Waals surface area (Å²) >= 11 is 6.15. The maximum Gasteiger partial charge on any atom is 0.275 e. The summed E-state index contributed by atoms with van der Waals surface area (Å²) in [6.07, 6.45) is 4.11. The van der Waals surface area contributed by atoms with E-state index in [1.54, 1.807) is 19.4 Å². The van der Waals surface area contributed by atoms with Crippen LogP contribution < -0.4 is 20.5 Å². The largest absolute Gasteiger partial charge is 0.494 e. The molecule has 0 spiro atoms. The van der Waals surface area contributed by atoms with Crippen molar-refractivity contribution in [3.63, 3.8) is 0 Å². The van der Waals surface area contributed by atoms with E-state index < -0.39 is 0 Å². The highest BCUT2D eigenvalue weighted by Crippen LogP contribution is 2.35. The Balaban J connectivity index is 1.46. The van der Waals surface area contributed by atoms with Gasteiger partial charge in [-0.3, -0.25) is 9.69 Å². The second-order valence-electron chi connectivity index (χ2n) is 7.74. The van der Waals surface area contributed by atoms with Gasteiger partial charge in [-0.15, -0.1) is 0 Å². The minimum Gasteiger partial charge on any atom is -0.494 e. The number of anilines is 3. The van der Waals surface area contributed by atoms with E-state index in [9.17, 15) is 4.79 Å². The van der Waals surface area contributed by atoms with Crippen molar-refractivity contribution in [2.24, 2.45) is 0 Å². The fourth-order valence-corrected chi connectivity index (χ4v) is 4.71. The van der Waals surface area contributed by atoms with Crippen LogP contribution in [0.25, 0.3) is 10.8 Å². The van der Waals surface area contributed by atoms with Crippen LogP contribution in [0.2, 0.25) is 5.15 Å². The molecule has 0 amide bonds. The van der Waals surface area contributed by atoms with Gasteiger partial charge >= 0.3 is 0 Å². The topological polar surface area (TPSA) is 86.4 Å². The number of H-pyrrole nitrogens is 1.